The SMILES string of the molecule is CCCCCCC=C(OC)OC. The van der Waals surface area contributed by atoms with Crippen LogP contribution in [-0.2, 0) is 9.47 Å². The molecule has 0 aliphatic carbocycles. The first-order valence-electron chi connectivity index (χ1n) is 4.63. The molecule has 0 aromatic carbocycles. The van der Waals surface area contributed by atoms with Crippen LogP contribution in [0.1, 0.15) is 39.0 Å². The molecule has 0 heterocycles. The molecule has 2 nitrogen and oxygen atoms in total. The zero-order valence-corrected chi connectivity index (χ0v) is 8.43. The van der Waals surface area contributed by atoms with Gasteiger partial charge >= 0.3 is 0 Å². The van der Waals surface area contributed by atoms with E-state index in [1.54, 1.807) is 14.2 Å². The Kier molecular flexibility index (Phi) is 7.97. The predicted octanol–water partition coefficient (Wildman–Crippen LogP) is 3.09. The molecule has 2 heteroatoms. The molecular weight excluding hydrogens is 152 g/mol. The fourth-order valence-electron chi connectivity index (χ4n) is 1.04. The average molecular weight is 172 g/mol. The van der Waals surface area contributed by atoms with Gasteiger partial charge in [-0.15, -0.1) is 0 Å². The largest absolute Gasteiger partial charge is 0.469 e. The van der Waals surface area contributed by atoms with Crippen molar-refractivity contribution < 1.29 is 9.47 Å². The highest BCUT2D eigenvalue weighted by atomic mass is 16.7. The summed E-state index contributed by atoms with van der Waals surface area (Å²) in [6.07, 6.45) is 8.18. The number of hydrogen-bond donors (Lipinski definition) is 0. The van der Waals surface area contributed by atoms with E-state index in [1.165, 1.54) is 25.7 Å². The van der Waals surface area contributed by atoms with Gasteiger partial charge in [0.25, 0.3) is 5.95 Å². The summed E-state index contributed by atoms with van der Waals surface area (Å²) < 4.78 is 9.89. The summed E-state index contributed by atoms with van der Waals surface area (Å²) >= 11 is 0. The minimum Gasteiger partial charge on any atom is -0.469 e. The standard InChI is InChI=1S/C10H20O2/c1-4-5-6-7-8-9-10(11-2)12-3/h9H,4-8H2,1-3H3. The van der Waals surface area contributed by atoms with Crippen LogP contribution in [0.2, 0.25) is 0 Å². The van der Waals surface area contributed by atoms with E-state index in [-0.39, 0.29) is 0 Å². The first-order valence-corrected chi connectivity index (χ1v) is 4.63. The Morgan fingerprint density at radius 2 is 1.75 bits per heavy atom. The van der Waals surface area contributed by atoms with Crippen LogP contribution in [0.4, 0.5) is 0 Å². The molecule has 0 saturated carbocycles. The van der Waals surface area contributed by atoms with Gasteiger partial charge < -0.3 is 9.47 Å². The Morgan fingerprint density at radius 1 is 1.08 bits per heavy atom. The fourth-order valence-corrected chi connectivity index (χ4v) is 1.04. The maximum absolute atomic E-state index is 4.94. The van der Waals surface area contributed by atoms with Crippen LogP contribution < -0.4 is 0 Å². The summed E-state index contributed by atoms with van der Waals surface area (Å²) in [7, 11) is 3.25. The molecule has 0 aliphatic rings. The number of rotatable bonds is 7. The second-order valence-corrected chi connectivity index (χ2v) is 2.78. The Balaban J connectivity index is 3.31. The van der Waals surface area contributed by atoms with E-state index < -0.39 is 0 Å². The Morgan fingerprint density at radius 3 is 2.25 bits per heavy atom. The first-order chi connectivity index (χ1) is 5.85. The van der Waals surface area contributed by atoms with Gasteiger partial charge in [0.2, 0.25) is 0 Å². The Bertz CT molecular complexity index is 113. The minimum atomic E-state index is 0.631. The smallest absolute Gasteiger partial charge is 0.274 e. The molecule has 0 unspecified atom stereocenters. The van der Waals surface area contributed by atoms with Crippen molar-refractivity contribution in [1.82, 2.24) is 0 Å². The molecule has 0 amide bonds. The van der Waals surface area contributed by atoms with Gasteiger partial charge in [-0.05, 0) is 18.9 Å². The Hall–Kier alpha value is -0.660. The van der Waals surface area contributed by atoms with Crippen LogP contribution in [0.5, 0.6) is 0 Å². The zero-order chi connectivity index (χ0) is 9.23. The third-order valence-electron chi connectivity index (χ3n) is 1.77. The fraction of sp³-hybridized carbons (Fsp3) is 0.800. The monoisotopic (exact) mass is 172 g/mol. The highest BCUT2D eigenvalue weighted by Gasteiger charge is 1.91. The summed E-state index contributed by atoms with van der Waals surface area (Å²) in [6.45, 7) is 2.21. The summed E-state index contributed by atoms with van der Waals surface area (Å²) in [5.74, 6) is 0.631. The number of unbranched alkanes of at least 4 members (excludes halogenated alkanes) is 4. The van der Waals surface area contributed by atoms with Gasteiger partial charge in [-0.3, -0.25) is 0 Å². The van der Waals surface area contributed by atoms with Crippen LogP contribution in [0.3, 0.4) is 0 Å². The van der Waals surface area contributed by atoms with E-state index in [9.17, 15) is 0 Å². The minimum absolute atomic E-state index is 0.631. The number of methoxy groups -OCH3 is 2. The quantitative estimate of drug-likeness (QED) is 0.434. The molecule has 72 valence electrons. The van der Waals surface area contributed by atoms with Crippen molar-refractivity contribution in [2.24, 2.45) is 0 Å². The highest BCUT2D eigenvalue weighted by Crippen LogP contribution is 2.05. The maximum atomic E-state index is 4.94. The van der Waals surface area contributed by atoms with Crippen LogP contribution in [0.15, 0.2) is 12.0 Å². The van der Waals surface area contributed by atoms with E-state index in [4.69, 9.17) is 9.47 Å². The molecule has 0 aliphatic heterocycles. The third kappa shape index (κ3) is 6.08. The summed E-state index contributed by atoms with van der Waals surface area (Å²) in [5.41, 5.74) is 0. The van der Waals surface area contributed by atoms with Crippen molar-refractivity contribution in [3.8, 4) is 0 Å². The highest BCUT2D eigenvalue weighted by molar-refractivity contribution is 4.82. The molecule has 0 rings (SSSR count). The van der Waals surface area contributed by atoms with Crippen LogP contribution in [-0.4, -0.2) is 14.2 Å². The van der Waals surface area contributed by atoms with E-state index in [0.29, 0.717) is 5.95 Å². The lowest BCUT2D eigenvalue weighted by molar-refractivity contribution is 0.0938. The van der Waals surface area contributed by atoms with Gasteiger partial charge in [-0.2, -0.15) is 0 Å². The first kappa shape index (κ1) is 11.3. The van der Waals surface area contributed by atoms with Crippen LogP contribution in [0, 0.1) is 0 Å². The average Bonchev–Trinajstić information content (AvgIpc) is 2.11. The molecule has 12 heavy (non-hydrogen) atoms. The van der Waals surface area contributed by atoms with E-state index in [1.807, 2.05) is 6.08 Å². The molecule has 0 atom stereocenters. The molecule has 0 fully saturated rings. The second kappa shape index (κ2) is 8.44. The van der Waals surface area contributed by atoms with Gasteiger partial charge in [-0.1, -0.05) is 26.2 Å². The van der Waals surface area contributed by atoms with Gasteiger partial charge in [0, 0.05) is 0 Å². The number of ether oxygens (including phenoxy) is 2. The molecule has 0 aromatic rings. The lowest BCUT2D eigenvalue weighted by Crippen LogP contribution is -1.88. The molecule has 0 saturated heterocycles. The van der Waals surface area contributed by atoms with Crippen molar-refractivity contribution in [3.05, 3.63) is 12.0 Å². The Labute approximate surface area is 75.6 Å². The molecule has 0 radical (unpaired) electrons. The lowest BCUT2D eigenvalue weighted by Gasteiger charge is -2.02. The number of hydrogen-bond acceptors (Lipinski definition) is 2. The molecule has 0 spiro atoms. The van der Waals surface area contributed by atoms with Crippen molar-refractivity contribution in [1.29, 1.82) is 0 Å². The van der Waals surface area contributed by atoms with Crippen LogP contribution >= 0.6 is 0 Å². The normalized spacial score (nSPS) is 9.25. The third-order valence-corrected chi connectivity index (χ3v) is 1.77. The predicted molar refractivity (Wildman–Crippen MR) is 50.9 cm³/mol. The summed E-state index contributed by atoms with van der Waals surface area (Å²) in [5, 5.41) is 0. The van der Waals surface area contributed by atoms with Crippen LogP contribution in [0.25, 0.3) is 0 Å². The van der Waals surface area contributed by atoms with E-state index in [2.05, 4.69) is 6.92 Å². The van der Waals surface area contributed by atoms with Crippen molar-refractivity contribution in [3.63, 3.8) is 0 Å². The van der Waals surface area contributed by atoms with E-state index in [0.717, 1.165) is 6.42 Å². The number of allylic oxidation sites excluding steroid dienone is 1. The summed E-state index contributed by atoms with van der Waals surface area (Å²) in [6, 6.07) is 0. The molecule has 0 bridgehead atoms. The van der Waals surface area contributed by atoms with Crippen molar-refractivity contribution in [2.75, 3.05) is 14.2 Å². The van der Waals surface area contributed by atoms with E-state index >= 15 is 0 Å². The second-order valence-electron chi connectivity index (χ2n) is 2.78. The van der Waals surface area contributed by atoms with Gasteiger partial charge in [0.1, 0.15) is 0 Å². The summed E-state index contributed by atoms with van der Waals surface area (Å²) in [4.78, 5) is 0. The molecule has 0 N–H and O–H groups in total. The van der Waals surface area contributed by atoms with Crippen molar-refractivity contribution >= 4 is 0 Å². The zero-order valence-electron chi connectivity index (χ0n) is 8.43. The maximum Gasteiger partial charge on any atom is 0.274 e. The van der Waals surface area contributed by atoms with Gasteiger partial charge in [0.05, 0.1) is 14.2 Å². The van der Waals surface area contributed by atoms with Crippen molar-refractivity contribution in [2.45, 2.75) is 39.0 Å². The van der Waals surface area contributed by atoms with Gasteiger partial charge in [0.15, 0.2) is 0 Å². The van der Waals surface area contributed by atoms with Gasteiger partial charge in [-0.25, -0.2) is 0 Å². The molecule has 0 aromatic heterocycles. The lowest BCUT2D eigenvalue weighted by atomic mass is 10.1. The topological polar surface area (TPSA) is 18.5 Å². The molecular formula is C10H20O2.